The molecule has 0 aliphatic carbocycles. The minimum Gasteiger partial charge on any atom is -0.507 e. The number of phenolic OH excluding ortho intramolecular Hbond substituents is 1. The van der Waals surface area contributed by atoms with Crippen molar-refractivity contribution in [1.82, 2.24) is 5.32 Å². The Labute approximate surface area is 101 Å². The van der Waals surface area contributed by atoms with Gasteiger partial charge in [-0.05, 0) is 19.1 Å². The third kappa shape index (κ3) is 3.81. The number of phenols is 1. The summed E-state index contributed by atoms with van der Waals surface area (Å²) < 4.78 is 24.3. The maximum Gasteiger partial charge on any atom is 0.258 e. The van der Waals surface area contributed by atoms with Crippen LogP contribution in [0.3, 0.4) is 0 Å². The zero-order valence-corrected chi connectivity index (χ0v) is 10.4. The summed E-state index contributed by atoms with van der Waals surface area (Å²) in [6.45, 7) is 1.66. The van der Waals surface area contributed by atoms with Gasteiger partial charge in [-0.25, -0.2) is 4.39 Å². The number of hydrogen-bond acceptors (Lipinski definition) is 3. The minimum absolute atomic E-state index is 0.279. The molecule has 2 atom stereocenters. The number of hydrogen-bond donors (Lipinski definition) is 2. The highest BCUT2D eigenvalue weighted by Gasteiger charge is 2.18. The predicted octanol–water partition coefficient (Wildman–Crippen LogP) is 1.03. The molecule has 4 nitrogen and oxygen atoms in total. The van der Waals surface area contributed by atoms with Gasteiger partial charge in [0.05, 0.1) is 0 Å². The molecule has 0 fully saturated rings. The van der Waals surface area contributed by atoms with Gasteiger partial charge in [-0.3, -0.25) is 9.00 Å². The number of carbonyl (C=O) groups is 1. The molecule has 0 saturated heterocycles. The van der Waals surface area contributed by atoms with Crippen molar-refractivity contribution in [3.8, 4) is 5.75 Å². The molecular formula is C11H14FNO3S. The van der Waals surface area contributed by atoms with Gasteiger partial charge in [0, 0.05) is 28.9 Å². The lowest BCUT2D eigenvalue weighted by Gasteiger charge is -2.13. The van der Waals surface area contributed by atoms with Gasteiger partial charge in [0.2, 0.25) is 0 Å². The molecule has 17 heavy (non-hydrogen) atoms. The van der Waals surface area contributed by atoms with Crippen LogP contribution in [-0.2, 0) is 10.8 Å². The summed E-state index contributed by atoms with van der Waals surface area (Å²) in [5, 5.41) is 11.9. The standard InChI is InChI=1S/C11H14FNO3S/c1-7(6-17(2)16)13-11(15)10-8(12)4-3-5-9(10)14/h3-5,7,14H,6H2,1-2H3,(H,13,15). The van der Waals surface area contributed by atoms with Crippen molar-refractivity contribution in [2.24, 2.45) is 0 Å². The fraction of sp³-hybridized carbons (Fsp3) is 0.364. The van der Waals surface area contributed by atoms with E-state index in [1.807, 2.05) is 0 Å². The fourth-order valence-corrected chi connectivity index (χ4v) is 2.21. The van der Waals surface area contributed by atoms with Gasteiger partial charge in [0.15, 0.2) is 0 Å². The minimum atomic E-state index is -1.05. The summed E-state index contributed by atoms with van der Waals surface area (Å²) in [5.74, 6) is -1.63. The number of benzene rings is 1. The Balaban J connectivity index is 2.80. The van der Waals surface area contributed by atoms with Crippen LogP contribution < -0.4 is 5.32 Å². The van der Waals surface area contributed by atoms with Crippen LogP contribution in [0.25, 0.3) is 0 Å². The average molecular weight is 259 g/mol. The molecule has 0 heterocycles. The molecule has 0 bridgehead atoms. The van der Waals surface area contributed by atoms with E-state index in [9.17, 15) is 18.5 Å². The Hall–Kier alpha value is -1.43. The van der Waals surface area contributed by atoms with E-state index in [0.29, 0.717) is 0 Å². The van der Waals surface area contributed by atoms with Crippen molar-refractivity contribution in [1.29, 1.82) is 0 Å². The zero-order chi connectivity index (χ0) is 13.0. The van der Waals surface area contributed by atoms with E-state index in [1.165, 1.54) is 18.4 Å². The molecule has 6 heteroatoms. The lowest BCUT2D eigenvalue weighted by molar-refractivity contribution is 0.0936. The molecule has 0 aliphatic heterocycles. The average Bonchev–Trinajstić information content (AvgIpc) is 2.15. The van der Waals surface area contributed by atoms with Crippen LogP contribution in [-0.4, -0.2) is 33.3 Å². The molecule has 0 aliphatic rings. The van der Waals surface area contributed by atoms with Gasteiger partial charge < -0.3 is 10.4 Å². The van der Waals surface area contributed by atoms with E-state index < -0.39 is 28.3 Å². The lowest BCUT2D eigenvalue weighted by atomic mass is 10.1. The van der Waals surface area contributed by atoms with E-state index in [1.54, 1.807) is 6.92 Å². The highest BCUT2D eigenvalue weighted by atomic mass is 32.2. The number of aromatic hydroxyl groups is 1. The molecule has 0 aromatic heterocycles. The summed E-state index contributed by atoms with van der Waals surface area (Å²) in [6, 6.07) is 3.29. The van der Waals surface area contributed by atoms with Gasteiger partial charge >= 0.3 is 0 Å². The van der Waals surface area contributed by atoms with Crippen LogP contribution in [0.4, 0.5) is 4.39 Å². The number of carbonyl (C=O) groups excluding carboxylic acids is 1. The van der Waals surface area contributed by atoms with E-state index in [2.05, 4.69) is 5.32 Å². The second-order valence-electron chi connectivity index (χ2n) is 3.75. The first kappa shape index (κ1) is 13.6. The summed E-state index contributed by atoms with van der Waals surface area (Å²) in [6.07, 6.45) is 1.52. The van der Waals surface area contributed by atoms with Crippen LogP contribution in [0.5, 0.6) is 5.75 Å². The van der Waals surface area contributed by atoms with Crippen molar-refractivity contribution in [2.45, 2.75) is 13.0 Å². The summed E-state index contributed by atoms with van der Waals surface area (Å²) in [4.78, 5) is 11.7. The highest BCUT2D eigenvalue weighted by Crippen LogP contribution is 2.19. The summed E-state index contributed by atoms with van der Waals surface area (Å²) in [7, 11) is -1.05. The Kier molecular flexibility index (Phi) is 4.62. The normalized spacial score (nSPS) is 14.1. The quantitative estimate of drug-likeness (QED) is 0.848. The van der Waals surface area contributed by atoms with Crippen LogP contribution in [0.2, 0.25) is 0 Å². The Morgan fingerprint density at radius 1 is 1.59 bits per heavy atom. The Bertz CT molecular complexity index is 430. The third-order valence-electron chi connectivity index (χ3n) is 2.08. The fourth-order valence-electron chi connectivity index (χ4n) is 1.43. The molecule has 2 N–H and O–H groups in total. The number of amides is 1. The van der Waals surface area contributed by atoms with Crippen LogP contribution in [0, 0.1) is 5.82 Å². The lowest BCUT2D eigenvalue weighted by Crippen LogP contribution is -2.36. The first-order valence-corrected chi connectivity index (χ1v) is 6.73. The topological polar surface area (TPSA) is 66.4 Å². The maximum atomic E-state index is 13.3. The second-order valence-corrected chi connectivity index (χ2v) is 5.23. The Morgan fingerprint density at radius 2 is 2.24 bits per heavy atom. The molecular weight excluding hydrogens is 245 g/mol. The van der Waals surface area contributed by atoms with Crippen molar-refractivity contribution < 1.29 is 18.5 Å². The highest BCUT2D eigenvalue weighted by molar-refractivity contribution is 7.84. The number of halogens is 1. The van der Waals surface area contributed by atoms with Gasteiger partial charge in [-0.1, -0.05) is 6.07 Å². The first-order chi connectivity index (χ1) is 7.91. The van der Waals surface area contributed by atoms with Crippen molar-refractivity contribution in [3.05, 3.63) is 29.6 Å². The molecule has 1 aromatic rings. The molecule has 1 amide bonds. The largest absolute Gasteiger partial charge is 0.507 e. The van der Waals surface area contributed by atoms with Crippen molar-refractivity contribution in [3.63, 3.8) is 0 Å². The van der Waals surface area contributed by atoms with Gasteiger partial charge in [0.1, 0.15) is 17.1 Å². The van der Waals surface area contributed by atoms with Crippen molar-refractivity contribution in [2.75, 3.05) is 12.0 Å². The zero-order valence-electron chi connectivity index (χ0n) is 9.57. The molecule has 0 spiro atoms. The third-order valence-corrected chi connectivity index (χ3v) is 3.05. The van der Waals surface area contributed by atoms with Crippen LogP contribution in [0.15, 0.2) is 18.2 Å². The molecule has 1 rings (SSSR count). The predicted molar refractivity (Wildman–Crippen MR) is 63.9 cm³/mol. The Morgan fingerprint density at radius 3 is 2.76 bits per heavy atom. The first-order valence-electron chi connectivity index (χ1n) is 5.00. The molecule has 94 valence electrons. The van der Waals surface area contributed by atoms with Gasteiger partial charge in [-0.2, -0.15) is 0 Å². The molecule has 2 unspecified atom stereocenters. The molecule has 0 saturated carbocycles. The molecule has 1 aromatic carbocycles. The summed E-state index contributed by atoms with van der Waals surface area (Å²) >= 11 is 0. The number of nitrogens with one attached hydrogen (secondary N) is 1. The van der Waals surface area contributed by atoms with E-state index >= 15 is 0 Å². The van der Waals surface area contributed by atoms with Crippen molar-refractivity contribution >= 4 is 16.7 Å². The number of rotatable bonds is 4. The summed E-state index contributed by atoms with van der Waals surface area (Å²) in [5.41, 5.74) is -0.388. The van der Waals surface area contributed by atoms with E-state index in [0.717, 1.165) is 6.07 Å². The maximum absolute atomic E-state index is 13.3. The second kappa shape index (κ2) is 5.77. The smallest absolute Gasteiger partial charge is 0.258 e. The van der Waals surface area contributed by atoms with Crippen LogP contribution >= 0.6 is 0 Å². The van der Waals surface area contributed by atoms with Crippen LogP contribution in [0.1, 0.15) is 17.3 Å². The van der Waals surface area contributed by atoms with E-state index in [-0.39, 0.29) is 17.4 Å². The van der Waals surface area contributed by atoms with Gasteiger partial charge in [-0.15, -0.1) is 0 Å². The van der Waals surface area contributed by atoms with Gasteiger partial charge in [0.25, 0.3) is 5.91 Å². The monoisotopic (exact) mass is 259 g/mol. The van der Waals surface area contributed by atoms with E-state index in [4.69, 9.17) is 0 Å². The molecule has 0 radical (unpaired) electrons. The SMILES string of the molecule is CC(CS(C)=O)NC(=O)c1c(O)cccc1F.